The van der Waals surface area contributed by atoms with Gasteiger partial charge in [0.25, 0.3) is 0 Å². The Labute approximate surface area is 225 Å². The number of amides is 3. The fourth-order valence-corrected chi connectivity index (χ4v) is 4.23. The summed E-state index contributed by atoms with van der Waals surface area (Å²) in [4.78, 5) is 41.0. The predicted molar refractivity (Wildman–Crippen MR) is 151 cm³/mol. The summed E-state index contributed by atoms with van der Waals surface area (Å²) in [5, 5.41) is 5.65. The van der Waals surface area contributed by atoms with Crippen molar-refractivity contribution in [1.82, 2.24) is 15.5 Å². The van der Waals surface area contributed by atoms with Gasteiger partial charge in [0.2, 0.25) is 11.8 Å². The highest BCUT2D eigenvalue weighted by Gasteiger charge is 2.32. The Morgan fingerprint density at radius 3 is 2.16 bits per heavy atom. The van der Waals surface area contributed by atoms with E-state index in [1.165, 1.54) is 19.3 Å². The molecular weight excluding hydrogens is 466 g/mol. The SMILES string of the molecule is CCCCCCCCN(C(=O)CNC(=O)OC(C)(C)C)C(C(=O)NCCCCC)c1cccc(C)c1C. The third kappa shape index (κ3) is 12.5. The molecule has 0 fully saturated rings. The van der Waals surface area contributed by atoms with E-state index in [0.29, 0.717) is 13.1 Å². The van der Waals surface area contributed by atoms with Crippen LogP contribution in [-0.2, 0) is 14.3 Å². The highest BCUT2D eigenvalue weighted by Crippen LogP contribution is 2.27. The van der Waals surface area contributed by atoms with Crippen molar-refractivity contribution in [2.24, 2.45) is 0 Å². The molecule has 1 aromatic rings. The number of hydrogen-bond acceptors (Lipinski definition) is 4. The Hall–Kier alpha value is -2.57. The summed E-state index contributed by atoms with van der Waals surface area (Å²) < 4.78 is 5.31. The summed E-state index contributed by atoms with van der Waals surface area (Å²) >= 11 is 0. The average Bonchev–Trinajstić information content (AvgIpc) is 2.83. The lowest BCUT2D eigenvalue weighted by molar-refractivity contribution is -0.140. The second kappa shape index (κ2) is 17.0. The first kappa shape index (κ1) is 32.5. The van der Waals surface area contributed by atoms with Crippen LogP contribution in [0.3, 0.4) is 0 Å². The van der Waals surface area contributed by atoms with Crippen molar-refractivity contribution < 1.29 is 19.1 Å². The lowest BCUT2D eigenvalue weighted by Gasteiger charge is -2.33. The van der Waals surface area contributed by atoms with E-state index in [2.05, 4.69) is 24.5 Å². The van der Waals surface area contributed by atoms with Gasteiger partial charge in [-0.05, 0) is 64.2 Å². The van der Waals surface area contributed by atoms with Crippen molar-refractivity contribution in [3.8, 4) is 0 Å². The van der Waals surface area contributed by atoms with Crippen LogP contribution in [0.25, 0.3) is 0 Å². The Morgan fingerprint density at radius 2 is 1.51 bits per heavy atom. The van der Waals surface area contributed by atoms with E-state index in [1.807, 2.05) is 32.0 Å². The normalized spacial score (nSPS) is 12.1. The minimum absolute atomic E-state index is 0.179. The molecular formula is C30H51N3O4. The topological polar surface area (TPSA) is 87.7 Å². The molecule has 210 valence electrons. The number of aryl methyl sites for hydroxylation is 1. The molecule has 7 heteroatoms. The van der Waals surface area contributed by atoms with Crippen LogP contribution >= 0.6 is 0 Å². The molecule has 1 rings (SSSR count). The lowest BCUT2D eigenvalue weighted by atomic mass is 9.95. The molecule has 0 aliphatic rings. The molecule has 1 unspecified atom stereocenters. The Bertz CT molecular complexity index is 848. The third-order valence-corrected chi connectivity index (χ3v) is 6.44. The van der Waals surface area contributed by atoms with Crippen LogP contribution in [0.5, 0.6) is 0 Å². The summed E-state index contributed by atoms with van der Waals surface area (Å²) in [6, 6.07) is 5.12. The molecule has 0 aliphatic heterocycles. The van der Waals surface area contributed by atoms with Crippen LogP contribution in [0.4, 0.5) is 4.79 Å². The van der Waals surface area contributed by atoms with Crippen LogP contribution in [0.15, 0.2) is 18.2 Å². The van der Waals surface area contributed by atoms with Gasteiger partial charge in [0, 0.05) is 13.1 Å². The zero-order valence-electron chi connectivity index (χ0n) is 24.4. The number of carbonyl (C=O) groups excluding carboxylic acids is 3. The molecule has 3 amide bonds. The number of ether oxygens (including phenoxy) is 1. The number of unbranched alkanes of at least 4 members (excludes halogenated alkanes) is 7. The number of carbonyl (C=O) groups is 3. The standard InChI is InChI=1S/C30H51N3O4/c1-8-10-12-13-14-16-21-33(26(34)22-32-29(36)37-30(5,6)7)27(28(35)31-20-15-11-9-2)25-19-17-18-23(3)24(25)4/h17-19,27H,8-16,20-22H2,1-7H3,(H,31,35)(H,32,36). The quantitative estimate of drug-likeness (QED) is 0.250. The maximum Gasteiger partial charge on any atom is 0.408 e. The van der Waals surface area contributed by atoms with Gasteiger partial charge in [0.15, 0.2) is 0 Å². The van der Waals surface area contributed by atoms with Crippen LogP contribution < -0.4 is 10.6 Å². The van der Waals surface area contributed by atoms with E-state index in [4.69, 9.17) is 4.74 Å². The van der Waals surface area contributed by atoms with Crippen molar-refractivity contribution >= 4 is 17.9 Å². The predicted octanol–water partition coefficient (Wildman–Crippen LogP) is 6.36. The molecule has 0 aliphatic carbocycles. The van der Waals surface area contributed by atoms with Gasteiger partial charge in [-0.2, -0.15) is 0 Å². The van der Waals surface area contributed by atoms with Crippen molar-refractivity contribution in [2.45, 2.75) is 118 Å². The third-order valence-electron chi connectivity index (χ3n) is 6.44. The maximum absolute atomic E-state index is 13.6. The van der Waals surface area contributed by atoms with Crippen LogP contribution in [-0.4, -0.2) is 48.0 Å². The summed E-state index contributed by atoms with van der Waals surface area (Å²) in [7, 11) is 0. The number of benzene rings is 1. The summed E-state index contributed by atoms with van der Waals surface area (Å²) in [5.74, 6) is -0.476. The Kier molecular flexibility index (Phi) is 14.9. The first-order valence-electron chi connectivity index (χ1n) is 14.1. The molecule has 0 saturated carbocycles. The number of rotatable bonds is 16. The van der Waals surface area contributed by atoms with Crippen LogP contribution in [0, 0.1) is 13.8 Å². The van der Waals surface area contributed by atoms with Gasteiger partial charge < -0.3 is 20.3 Å². The van der Waals surface area contributed by atoms with E-state index in [1.54, 1.807) is 25.7 Å². The number of alkyl carbamates (subject to hydrolysis) is 1. The van der Waals surface area contributed by atoms with Crippen molar-refractivity contribution in [2.75, 3.05) is 19.6 Å². The van der Waals surface area contributed by atoms with Crippen molar-refractivity contribution in [3.05, 3.63) is 34.9 Å². The molecule has 2 N–H and O–H groups in total. The minimum atomic E-state index is -0.759. The molecule has 1 aromatic carbocycles. The number of nitrogens with zero attached hydrogens (tertiary/aromatic N) is 1. The average molecular weight is 518 g/mol. The smallest absolute Gasteiger partial charge is 0.408 e. The number of hydrogen-bond donors (Lipinski definition) is 2. The first-order chi connectivity index (χ1) is 17.5. The molecule has 0 radical (unpaired) electrons. The second-order valence-corrected chi connectivity index (χ2v) is 10.9. The molecule has 0 saturated heterocycles. The van der Waals surface area contributed by atoms with Gasteiger partial charge in [-0.25, -0.2) is 4.79 Å². The van der Waals surface area contributed by atoms with Gasteiger partial charge in [0.05, 0.1) is 0 Å². The highest BCUT2D eigenvalue weighted by molar-refractivity contribution is 5.90. The molecule has 0 heterocycles. The molecule has 0 bridgehead atoms. The van der Waals surface area contributed by atoms with Gasteiger partial charge in [0.1, 0.15) is 18.2 Å². The summed E-state index contributed by atoms with van der Waals surface area (Å²) in [6.45, 7) is 14.4. The highest BCUT2D eigenvalue weighted by atomic mass is 16.6. The molecule has 37 heavy (non-hydrogen) atoms. The molecule has 0 aromatic heterocycles. The van der Waals surface area contributed by atoms with Crippen molar-refractivity contribution in [1.29, 1.82) is 0 Å². The Morgan fingerprint density at radius 1 is 0.892 bits per heavy atom. The van der Waals surface area contributed by atoms with Crippen molar-refractivity contribution in [3.63, 3.8) is 0 Å². The van der Waals surface area contributed by atoms with Gasteiger partial charge in [-0.3, -0.25) is 9.59 Å². The van der Waals surface area contributed by atoms with Gasteiger partial charge in [-0.15, -0.1) is 0 Å². The zero-order chi connectivity index (χ0) is 27.8. The fraction of sp³-hybridized carbons (Fsp3) is 0.700. The lowest BCUT2D eigenvalue weighted by Crippen LogP contribution is -2.48. The second-order valence-electron chi connectivity index (χ2n) is 10.9. The molecule has 0 spiro atoms. The van der Waals surface area contributed by atoms with E-state index in [9.17, 15) is 14.4 Å². The molecule has 7 nitrogen and oxygen atoms in total. The largest absolute Gasteiger partial charge is 0.444 e. The van der Waals surface area contributed by atoms with E-state index in [-0.39, 0.29) is 18.4 Å². The fourth-order valence-electron chi connectivity index (χ4n) is 4.23. The monoisotopic (exact) mass is 517 g/mol. The van der Waals surface area contributed by atoms with E-state index in [0.717, 1.165) is 55.2 Å². The Balaban J connectivity index is 3.19. The van der Waals surface area contributed by atoms with Gasteiger partial charge in [-0.1, -0.05) is 77.0 Å². The zero-order valence-corrected chi connectivity index (χ0v) is 24.4. The first-order valence-corrected chi connectivity index (χ1v) is 14.1. The van der Waals surface area contributed by atoms with Crippen LogP contribution in [0.1, 0.15) is 115 Å². The molecule has 1 atom stereocenters. The van der Waals surface area contributed by atoms with Crippen LogP contribution in [0.2, 0.25) is 0 Å². The summed E-state index contributed by atoms with van der Waals surface area (Å²) in [6.07, 6.45) is 8.78. The van der Waals surface area contributed by atoms with E-state index < -0.39 is 17.7 Å². The minimum Gasteiger partial charge on any atom is -0.444 e. The van der Waals surface area contributed by atoms with Gasteiger partial charge >= 0.3 is 6.09 Å². The summed E-state index contributed by atoms with van der Waals surface area (Å²) in [5.41, 5.74) is 2.23. The number of nitrogens with one attached hydrogen (secondary N) is 2. The maximum atomic E-state index is 13.6. The van der Waals surface area contributed by atoms with E-state index >= 15 is 0 Å².